The monoisotopic (exact) mass is 479 g/mol. The van der Waals surface area contributed by atoms with Crippen LogP contribution in [-0.4, -0.2) is 106 Å². The largest absolute Gasteiger partial charge is 0.481 e. The van der Waals surface area contributed by atoms with E-state index >= 15 is 0 Å². The average Bonchev–Trinajstić information content (AvgIpc) is 3.59. The van der Waals surface area contributed by atoms with E-state index in [1.165, 1.54) is 14.7 Å². The van der Waals surface area contributed by atoms with E-state index in [1.54, 1.807) is 0 Å². The van der Waals surface area contributed by atoms with Crippen molar-refractivity contribution in [1.29, 1.82) is 0 Å². The molecule has 0 aliphatic carbocycles. The maximum absolute atomic E-state index is 13.4. The number of aliphatic carboxylic acids is 1. The maximum atomic E-state index is 13.4. The molecular weight excluding hydrogens is 446 g/mol. The van der Waals surface area contributed by atoms with Crippen LogP contribution in [0.2, 0.25) is 0 Å². The molecule has 0 unspecified atom stereocenters. The van der Waals surface area contributed by atoms with E-state index in [-0.39, 0.29) is 37.1 Å². The van der Waals surface area contributed by atoms with E-state index in [1.807, 2.05) is 0 Å². The molecule has 0 aromatic heterocycles. The molecule has 0 radical (unpaired) electrons. The van der Waals surface area contributed by atoms with Gasteiger partial charge in [-0.15, -0.1) is 0 Å². The molecule has 4 amide bonds. The van der Waals surface area contributed by atoms with Crippen LogP contribution in [0.15, 0.2) is 0 Å². The van der Waals surface area contributed by atoms with Crippen LogP contribution in [0.5, 0.6) is 0 Å². The van der Waals surface area contributed by atoms with Gasteiger partial charge in [-0.05, 0) is 44.9 Å². The molecule has 3 aliphatic rings. The predicted molar refractivity (Wildman–Crippen MR) is 118 cm³/mol. The Kier molecular flexibility index (Phi) is 8.59. The Labute approximate surface area is 197 Å². The van der Waals surface area contributed by atoms with Gasteiger partial charge in [0, 0.05) is 26.1 Å². The van der Waals surface area contributed by atoms with Crippen molar-refractivity contribution in [2.24, 2.45) is 5.73 Å². The summed E-state index contributed by atoms with van der Waals surface area (Å²) in [6.07, 6.45) is 3.66. The number of carboxylic acid groups (broad SMARTS) is 1. The number of nitrogens with one attached hydrogen (secondary N) is 1. The predicted octanol–water partition coefficient (Wildman–Crippen LogP) is -1.53. The molecule has 0 aromatic carbocycles. The van der Waals surface area contributed by atoms with E-state index in [0.717, 1.165) is 0 Å². The van der Waals surface area contributed by atoms with Crippen molar-refractivity contribution >= 4 is 35.9 Å². The van der Waals surface area contributed by atoms with Gasteiger partial charge in [0.25, 0.3) is 0 Å². The number of nitrogens with zero attached hydrogens (tertiary/aromatic N) is 3. The molecule has 3 aliphatic heterocycles. The Morgan fingerprint density at radius 3 is 1.94 bits per heavy atom. The van der Waals surface area contributed by atoms with Crippen LogP contribution in [0.25, 0.3) is 0 Å². The lowest BCUT2D eigenvalue weighted by molar-refractivity contribution is -0.150. The third kappa shape index (κ3) is 5.54. The van der Waals surface area contributed by atoms with Crippen molar-refractivity contribution in [3.63, 3.8) is 0 Å². The van der Waals surface area contributed by atoms with E-state index in [4.69, 9.17) is 10.8 Å². The highest BCUT2D eigenvalue weighted by Gasteiger charge is 2.45. The molecule has 3 saturated heterocycles. The van der Waals surface area contributed by atoms with Gasteiger partial charge < -0.3 is 35.7 Å². The fourth-order valence-corrected chi connectivity index (χ4v) is 5.14. The number of amides is 4. The van der Waals surface area contributed by atoms with Crippen LogP contribution in [0.3, 0.4) is 0 Å². The van der Waals surface area contributed by atoms with Gasteiger partial charge in [0.1, 0.15) is 24.4 Å². The van der Waals surface area contributed by atoms with Crippen LogP contribution >= 0.6 is 0 Å². The second-order valence-electron chi connectivity index (χ2n) is 9.02. The number of likely N-dealkylation sites (tertiary alicyclic amines) is 3. The quantitative estimate of drug-likeness (QED) is 0.334. The Morgan fingerprint density at radius 2 is 1.38 bits per heavy atom. The maximum Gasteiger partial charge on any atom is 0.303 e. The standard InChI is InChI=1S/C22H33N5O7/c23-14(7-8-18(29)30)20(32)26-11-2-5-16(26)22(34)27-12-3-6-17(27)21(33)25-10-1-4-15(25)19(31)24-9-13-28/h13-17H,1-12,23H2,(H,24,31)(H,29,30)/t14-,15-,16-,17-/m0/s1. The molecule has 3 rings (SSSR count). The fourth-order valence-electron chi connectivity index (χ4n) is 5.14. The summed E-state index contributed by atoms with van der Waals surface area (Å²) in [4.78, 5) is 77.8. The van der Waals surface area contributed by atoms with Gasteiger partial charge in [-0.3, -0.25) is 24.0 Å². The highest BCUT2D eigenvalue weighted by molar-refractivity contribution is 5.96. The van der Waals surface area contributed by atoms with Gasteiger partial charge in [-0.2, -0.15) is 0 Å². The minimum absolute atomic E-state index is 0.0150. The van der Waals surface area contributed by atoms with Gasteiger partial charge in [0.15, 0.2) is 0 Å². The first-order chi connectivity index (χ1) is 16.3. The van der Waals surface area contributed by atoms with Crippen molar-refractivity contribution in [3.8, 4) is 0 Å². The third-order valence-electron chi connectivity index (χ3n) is 6.83. The molecule has 3 fully saturated rings. The first-order valence-electron chi connectivity index (χ1n) is 11.9. The normalized spacial score (nSPS) is 25.3. The number of nitrogens with two attached hydrogens (primary N) is 1. The molecule has 4 atom stereocenters. The first kappa shape index (κ1) is 25.6. The highest BCUT2D eigenvalue weighted by atomic mass is 16.4. The zero-order valence-electron chi connectivity index (χ0n) is 19.2. The summed E-state index contributed by atoms with van der Waals surface area (Å²) < 4.78 is 0. The smallest absolute Gasteiger partial charge is 0.303 e. The van der Waals surface area contributed by atoms with Crippen molar-refractivity contribution in [2.75, 3.05) is 26.2 Å². The summed E-state index contributed by atoms with van der Waals surface area (Å²) in [5.41, 5.74) is 5.90. The lowest BCUT2D eigenvalue weighted by atomic mass is 10.1. The van der Waals surface area contributed by atoms with E-state index in [0.29, 0.717) is 64.4 Å². The molecule has 3 heterocycles. The zero-order valence-corrected chi connectivity index (χ0v) is 19.2. The number of hydrogen-bond acceptors (Lipinski definition) is 7. The third-order valence-corrected chi connectivity index (χ3v) is 6.83. The van der Waals surface area contributed by atoms with Crippen LogP contribution in [0.4, 0.5) is 0 Å². The molecule has 12 nitrogen and oxygen atoms in total. The summed E-state index contributed by atoms with van der Waals surface area (Å²) in [6, 6.07) is -3.11. The number of hydrogen-bond donors (Lipinski definition) is 3. The first-order valence-corrected chi connectivity index (χ1v) is 11.9. The van der Waals surface area contributed by atoms with Crippen molar-refractivity contribution in [3.05, 3.63) is 0 Å². The zero-order chi connectivity index (χ0) is 24.8. The van der Waals surface area contributed by atoms with Crippen LogP contribution in [0.1, 0.15) is 51.4 Å². The second-order valence-corrected chi connectivity index (χ2v) is 9.02. The summed E-state index contributed by atoms with van der Waals surface area (Å²) in [5, 5.41) is 11.3. The Hall–Kier alpha value is -3.02. The molecule has 0 saturated carbocycles. The van der Waals surface area contributed by atoms with Gasteiger partial charge in [0.05, 0.1) is 12.6 Å². The summed E-state index contributed by atoms with van der Waals surface area (Å²) >= 11 is 0. The number of carbonyl (C=O) groups excluding carboxylic acids is 5. The number of carboxylic acids is 1. The topological polar surface area (TPSA) is 170 Å². The van der Waals surface area contributed by atoms with Crippen molar-refractivity contribution in [2.45, 2.75) is 75.5 Å². The van der Waals surface area contributed by atoms with Gasteiger partial charge in [-0.25, -0.2) is 0 Å². The molecule has 34 heavy (non-hydrogen) atoms. The summed E-state index contributed by atoms with van der Waals surface area (Å²) in [7, 11) is 0. The van der Waals surface area contributed by atoms with E-state index < -0.39 is 36.0 Å². The SMILES string of the molecule is N[C@@H](CCC(=O)O)C(=O)N1CCC[C@H]1C(=O)N1CCC[C@H]1C(=O)N1CCC[C@H]1C(=O)NCC=O. The number of carbonyl (C=O) groups is 6. The lowest BCUT2D eigenvalue weighted by Crippen LogP contribution is -2.57. The Morgan fingerprint density at radius 1 is 0.882 bits per heavy atom. The molecule has 0 spiro atoms. The van der Waals surface area contributed by atoms with E-state index in [2.05, 4.69) is 5.32 Å². The second kappa shape index (κ2) is 11.4. The number of rotatable bonds is 9. The molecule has 0 aromatic rings. The fraction of sp³-hybridized carbons (Fsp3) is 0.727. The van der Waals surface area contributed by atoms with Crippen LogP contribution in [0, 0.1) is 0 Å². The molecule has 12 heteroatoms. The van der Waals surface area contributed by atoms with Crippen LogP contribution < -0.4 is 11.1 Å². The molecular formula is C22H33N5O7. The molecule has 4 N–H and O–H groups in total. The highest BCUT2D eigenvalue weighted by Crippen LogP contribution is 2.28. The summed E-state index contributed by atoms with van der Waals surface area (Å²) in [5.74, 6) is -2.48. The van der Waals surface area contributed by atoms with Gasteiger partial charge in [-0.1, -0.05) is 0 Å². The van der Waals surface area contributed by atoms with Crippen LogP contribution in [-0.2, 0) is 28.8 Å². The Bertz CT molecular complexity index is 834. The minimum Gasteiger partial charge on any atom is -0.481 e. The average molecular weight is 480 g/mol. The molecule has 188 valence electrons. The van der Waals surface area contributed by atoms with Crippen molar-refractivity contribution in [1.82, 2.24) is 20.0 Å². The van der Waals surface area contributed by atoms with Crippen molar-refractivity contribution < 1.29 is 33.9 Å². The Balaban J connectivity index is 1.67. The minimum atomic E-state index is -1.05. The van der Waals surface area contributed by atoms with Gasteiger partial charge in [0.2, 0.25) is 23.6 Å². The lowest BCUT2D eigenvalue weighted by Gasteiger charge is -2.34. The molecule has 0 bridgehead atoms. The van der Waals surface area contributed by atoms with E-state index in [9.17, 15) is 28.8 Å². The van der Waals surface area contributed by atoms with Gasteiger partial charge >= 0.3 is 5.97 Å². The number of aldehydes is 1. The summed E-state index contributed by atoms with van der Waals surface area (Å²) in [6.45, 7) is 1.02.